The van der Waals surface area contributed by atoms with Crippen LogP contribution in [0.15, 0.2) is 65.7 Å². The van der Waals surface area contributed by atoms with Gasteiger partial charge in [0.05, 0.1) is 0 Å². The van der Waals surface area contributed by atoms with Crippen LogP contribution in [0.5, 0.6) is 0 Å². The molecule has 0 spiro atoms. The van der Waals surface area contributed by atoms with Crippen molar-refractivity contribution in [3.63, 3.8) is 0 Å². The summed E-state index contributed by atoms with van der Waals surface area (Å²) >= 11 is 0. The first-order valence-electron chi connectivity index (χ1n) is 11.6. The van der Waals surface area contributed by atoms with Crippen molar-refractivity contribution in [1.29, 1.82) is 0 Å². The quantitative estimate of drug-likeness (QED) is 0.258. The molecule has 194 valence electrons. The van der Waals surface area contributed by atoms with E-state index in [0.717, 1.165) is 11.1 Å². The Kier molecular flexibility index (Phi) is 10.0. The number of aliphatic imine (C=N–C) groups is 1. The third kappa shape index (κ3) is 11.5. The highest BCUT2D eigenvalue weighted by molar-refractivity contribution is 6.02. The molecular formula is C27H35N3O6. The third-order valence-electron chi connectivity index (χ3n) is 4.29. The molecule has 0 aliphatic heterocycles. The normalized spacial score (nSPS) is 12.1. The number of nitrogens with one attached hydrogen (secondary N) is 2. The van der Waals surface area contributed by atoms with Gasteiger partial charge in [0.25, 0.3) is 0 Å². The fraction of sp³-hybridized carbons (Fsp3) is 0.407. The first-order chi connectivity index (χ1) is 16.8. The molecule has 0 aliphatic rings. The van der Waals surface area contributed by atoms with E-state index in [1.165, 1.54) is 0 Å². The number of ether oxygens (including phenoxy) is 3. The molecule has 1 atom stereocenters. The lowest BCUT2D eigenvalue weighted by atomic mass is 10.1. The molecule has 0 fully saturated rings. The van der Waals surface area contributed by atoms with E-state index in [0.29, 0.717) is 0 Å². The standard InChI is InChI=1S/C27H35N3O6/c1-26(2,3)35-24(32)29-23(30-25(33)36-27(4,5)6)28-21(17-19-13-9-7-10-14-19)22(31)34-18-20-15-11-8-12-16-20/h7-16,21H,17-18H2,1-6H3,(H2,28,29,30,32,33). The van der Waals surface area contributed by atoms with Crippen LogP contribution in [0.2, 0.25) is 0 Å². The number of guanidine groups is 1. The van der Waals surface area contributed by atoms with Gasteiger partial charge < -0.3 is 14.2 Å². The van der Waals surface area contributed by atoms with Gasteiger partial charge in [-0.3, -0.25) is 10.6 Å². The lowest BCUT2D eigenvalue weighted by Crippen LogP contribution is -2.48. The topological polar surface area (TPSA) is 115 Å². The van der Waals surface area contributed by atoms with Crippen LogP contribution < -0.4 is 10.6 Å². The molecule has 2 N–H and O–H groups in total. The van der Waals surface area contributed by atoms with Crippen LogP contribution in [0.1, 0.15) is 52.7 Å². The highest BCUT2D eigenvalue weighted by atomic mass is 16.6. The molecule has 9 heteroatoms. The Bertz CT molecular complexity index is 1010. The molecule has 0 saturated heterocycles. The van der Waals surface area contributed by atoms with Crippen LogP contribution in [0, 0.1) is 0 Å². The van der Waals surface area contributed by atoms with Gasteiger partial charge in [-0.25, -0.2) is 19.4 Å². The average molecular weight is 498 g/mol. The molecule has 0 saturated carbocycles. The molecule has 2 rings (SSSR count). The van der Waals surface area contributed by atoms with Crippen LogP contribution in [0.4, 0.5) is 9.59 Å². The smallest absolute Gasteiger partial charge is 0.414 e. The summed E-state index contributed by atoms with van der Waals surface area (Å²) < 4.78 is 16.1. The molecule has 2 amide bonds. The number of amides is 2. The van der Waals surface area contributed by atoms with E-state index in [1.54, 1.807) is 41.5 Å². The summed E-state index contributed by atoms with van der Waals surface area (Å²) in [6.45, 7) is 10.2. The lowest BCUT2D eigenvalue weighted by molar-refractivity contribution is -0.146. The highest BCUT2D eigenvalue weighted by Crippen LogP contribution is 2.12. The predicted octanol–water partition coefficient (Wildman–Crippen LogP) is 4.75. The zero-order valence-electron chi connectivity index (χ0n) is 21.7. The molecule has 0 aliphatic carbocycles. The summed E-state index contributed by atoms with van der Waals surface area (Å²) in [5.41, 5.74) is 0.0438. The zero-order valence-corrected chi connectivity index (χ0v) is 21.7. The summed E-state index contributed by atoms with van der Waals surface area (Å²) in [4.78, 5) is 42.3. The Labute approximate surface area is 212 Å². The largest absolute Gasteiger partial charge is 0.459 e. The predicted molar refractivity (Wildman–Crippen MR) is 136 cm³/mol. The summed E-state index contributed by atoms with van der Waals surface area (Å²) in [6, 6.07) is 17.4. The number of nitrogens with zero attached hydrogens (tertiary/aromatic N) is 1. The highest BCUT2D eigenvalue weighted by Gasteiger charge is 2.25. The van der Waals surface area contributed by atoms with Gasteiger partial charge in [-0.2, -0.15) is 0 Å². The Balaban J connectivity index is 2.32. The van der Waals surface area contributed by atoms with Crippen LogP contribution >= 0.6 is 0 Å². The van der Waals surface area contributed by atoms with Gasteiger partial charge in [0.2, 0.25) is 5.96 Å². The van der Waals surface area contributed by atoms with E-state index in [1.807, 2.05) is 60.7 Å². The molecule has 0 heterocycles. The Morgan fingerprint density at radius 2 is 1.19 bits per heavy atom. The van der Waals surface area contributed by atoms with Crippen LogP contribution in [-0.2, 0) is 32.0 Å². The number of esters is 1. The number of hydrogen-bond acceptors (Lipinski definition) is 7. The molecule has 9 nitrogen and oxygen atoms in total. The maximum Gasteiger partial charge on any atom is 0.414 e. The zero-order chi connectivity index (χ0) is 26.8. The van der Waals surface area contributed by atoms with Gasteiger partial charge in [-0.1, -0.05) is 60.7 Å². The van der Waals surface area contributed by atoms with Gasteiger partial charge in [0, 0.05) is 6.42 Å². The maximum absolute atomic E-state index is 13.1. The fourth-order valence-corrected chi connectivity index (χ4v) is 2.90. The first-order valence-corrected chi connectivity index (χ1v) is 11.6. The first kappa shape index (κ1) is 28.4. The van der Waals surface area contributed by atoms with Gasteiger partial charge >= 0.3 is 18.2 Å². The van der Waals surface area contributed by atoms with E-state index in [9.17, 15) is 14.4 Å². The second kappa shape index (κ2) is 12.7. The fourth-order valence-electron chi connectivity index (χ4n) is 2.90. The third-order valence-corrected chi connectivity index (χ3v) is 4.29. The van der Waals surface area contributed by atoms with E-state index in [-0.39, 0.29) is 19.0 Å². The maximum atomic E-state index is 13.1. The number of alkyl carbamates (subject to hydrolysis) is 2. The minimum absolute atomic E-state index is 0.0504. The van der Waals surface area contributed by atoms with Crippen molar-refractivity contribution in [2.75, 3.05) is 0 Å². The van der Waals surface area contributed by atoms with Crippen molar-refractivity contribution in [2.24, 2.45) is 4.99 Å². The number of carbonyl (C=O) groups excluding carboxylic acids is 3. The summed E-state index contributed by atoms with van der Waals surface area (Å²) in [7, 11) is 0. The van der Waals surface area contributed by atoms with Crippen molar-refractivity contribution in [1.82, 2.24) is 10.6 Å². The molecular weight excluding hydrogens is 462 g/mol. The van der Waals surface area contributed by atoms with Crippen LogP contribution in [-0.4, -0.2) is 41.4 Å². The molecule has 0 bridgehead atoms. The van der Waals surface area contributed by atoms with Crippen molar-refractivity contribution in [3.05, 3.63) is 71.8 Å². The number of benzene rings is 2. The van der Waals surface area contributed by atoms with Crippen LogP contribution in [0.25, 0.3) is 0 Å². The van der Waals surface area contributed by atoms with Crippen molar-refractivity contribution in [3.8, 4) is 0 Å². The Morgan fingerprint density at radius 3 is 1.64 bits per heavy atom. The Hall–Kier alpha value is -3.88. The van der Waals surface area contributed by atoms with Crippen molar-refractivity contribution >= 4 is 24.1 Å². The van der Waals surface area contributed by atoms with Crippen molar-refractivity contribution < 1.29 is 28.6 Å². The lowest BCUT2D eigenvalue weighted by Gasteiger charge is -2.23. The molecule has 0 radical (unpaired) electrons. The van der Waals surface area contributed by atoms with Gasteiger partial charge in [0.1, 0.15) is 17.8 Å². The SMILES string of the molecule is CC(C)(C)OC(=O)NC(=NC(Cc1ccccc1)C(=O)OCc1ccccc1)NC(=O)OC(C)(C)C. The minimum atomic E-state index is -1.07. The molecule has 2 aromatic carbocycles. The summed E-state index contributed by atoms with van der Waals surface area (Å²) in [5.74, 6) is -0.923. The minimum Gasteiger partial charge on any atom is -0.459 e. The number of rotatable bonds is 6. The molecule has 36 heavy (non-hydrogen) atoms. The molecule has 1 unspecified atom stereocenters. The van der Waals surface area contributed by atoms with E-state index < -0.39 is 35.4 Å². The molecule has 2 aromatic rings. The number of carbonyl (C=O) groups is 3. The van der Waals surface area contributed by atoms with Gasteiger partial charge in [0.15, 0.2) is 6.04 Å². The van der Waals surface area contributed by atoms with Crippen LogP contribution in [0.3, 0.4) is 0 Å². The summed E-state index contributed by atoms with van der Waals surface area (Å²) in [6.07, 6.45) is -1.54. The average Bonchev–Trinajstić information content (AvgIpc) is 2.75. The monoisotopic (exact) mass is 497 g/mol. The Morgan fingerprint density at radius 1 is 0.750 bits per heavy atom. The van der Waals surface area contributed by atoms with Gasteiger partial charge in [-0.15, -0.1) is 0 Å². The summed E-state index contributed by atoms with van der Waals surface area (Å²) in [5, 5.41) is 4.81. The van der Waals surface area contributed by atoms with Crippen molar-refractivity contribution in [2.45, 2.75) is 71.8 Å². The van der Waals surface area contributed by atoms with E-state index in [4.69, 9.17) is 14.2 Å². The van der Waals surface area contributed by atoms with E-state index >= 15 is 0 Å². The second-order valence-electron chi connectivity index (χ2n) is 10.0. The van der Waals surface area contributed by atoms with E-state index in [2.05, 4.69) is 15.6 Å². The number of hydrogen-bond donors (Lipinski definition) is 2. The molecule has 0 aromatic heterocycles. The van der Waals surface area contributed by atoms with Gasteiger partial charge in [-0.05, 0) is 52.7 Å². The second-order valence-corrected chi connectivity index (χ2v) is 10.0.